The average molecular weight is 268 g/mol. The predicted octanol–water partition coefficient (Wildman–Crippen LogP) is 3.32. The van der Waals surface area contributed by atoms with E-state index in [0.29, 0.717) is 18.3 Å². The van der Waals surface area contributed by atoms with Crippen LogP contribution in [0.2, 0.25) is 0 Å². The molecule has 4 unspecified atom stereocenters. The molecule has 0 aromatic heterocycles. The Bertz CT molecular complexity index is 333. The topological polar surface area (TPSA) is 46.5 Å². The van der Waals surface area contributed by atoms with Gasteiger partial charge < -0.3 is 9.84 Å². The number of carbonyl (C=O) groups is 1. The van der Waals surface area contributed by atoms with Crippen LogP contribution in [-0.2, 0) is 9.53 Å². The van der Waals surface area contributed by atoms with Crippen molar-refractivity contribution in [3.8, 4) is 0 Å². The molecule has 3 nitrogen and oxygen atoms in total. The zero-order valence-electron chi connectivity index (χ0n) is 12.8. The third kappa shape index (κ3) is 5.45. The van der Waals surface area contributed by atoms with Gasteiger partial charge in [-0.2, -0.15) is 0 Å². The van der Waals surface area contributed by atoms with E-state index in [1.807, 2.05) is 13.8 Å². The summed E-state index contributed by atoms with van der Waals surface area (Å²) in [5, 5.41) is 10.1. The number of allylic oxidation sites excluding steroid dienone is 1. The number of rotatable bonds is 5. The second-order valence-corrected chi connectivity index (χ2v) is 6.56. The summed E-state index contributed by atoms with van der Waals surface area (Å²) in [5.74, 6) is 0.980. The Morgan fingerprint density at radius 2 is 2.05 bits per heavy atom. The smallest absolute Gasteiger partial charge is 0.184 e. The number of aliphatic hydroxyl groups is 1. The van der Waals surface area contributed by atoms with Crippen molar-refractivity contribution in [2.75, 3.05) is 0 Å². The maximum absolute atomic E-state index is 12.0. The molecular formula is C16H28O3. The summed E-state index contributed by atoms with van der Waals surface area (Å²) < 4.78 is 5.63. The number of carbonyl (C=O) groups excluding carboxylic acids is 1. The molecule has 0 aromatic rings. The Morgan fingerprint density at radius 1 is 1.42 bits per heavy atom. The van der Waals surface area contributed by atoms with E-state index in [9.17, 15) is 9.90 Å². The van der Waals surface area contributed by atoms with Crippen LogP contribution >= 0.6 is 0 Å². The summed E-state index contributed by atoms with van der Waals surface area (Å²) in [7, 11) is 0. The van der Waals surface area contributed by atoms with Gasteiger partial charge >= 0.3 is 0 Å². The van der Waals surface area contributed by atoms with Gasteiger partial charge in [-0.25, -0.2) is 0 Å². The van der Waals surface area contributed by atoms with Crippen molar-refractivity contribution in [1.82, 2.24) is 0 Å². The van der Waals surface area contributed by atoms with Crippen LogP contribution in [0.3, 0.4) is 0 Å². The molecule has 1 aliphatic rings. The first-order valence-corrected chi connectivity index (χ1v) is 7.34. The van der Waals surface area contributed by atoms with Gasteiger partial charge in [-0.15, -0.1) is 0 Å². The number of aliphatic hydroxyl groups excluding tert-OH is 1. The third-order valence-electron chi connectivity index (χ3n) is 3.63. The van der Waals surface area contributed by atoms with Crippen molar-refractivity contribution >= 4 is 5.78 Å². The molecule has 0 heterocycles. The monoisotopic (exact) mass is 268 g/mol. The van der Waals surface area contributed by atoms with E-state index >= 15 is 0 Å². The molecule has 1 rings (SSSR count). The lowest BCUT2D eigenvalue weighted by Gasteiger charge is -2.25. The minimum Gasteiger partial charge on any atom is -0.368 e. The first kappa shape index (κ1) is 16.4. The average Bonchev–Trinajstić information content (AvgIpc) is 2.36. The third-order valence-corrected chi connectivity index (χ3v) is 3.63. The molecule has 0 fully saturated rings. The van der Waals surface area contributed by atoms with Crippen LogP contribution in [0.5, 0.6) is 0 Å². The summed E-state index contributed by atoms with van der Waals surface area (Å²) in [6.07, 6.45) is 2.86. The van der Waals surface area contributed by atoms with Gasteiger partial charge in [0, 0.05) is 5.92 Å². The Hall–Kier alpha value is -0.670. The Morgan fingerprint density at radius 3 is 2.63 bits per heavy atom. The van der Waals surface area contributed by atoms with Crippen LogP contribution in [0.15, 0.2) is 11.6 Å². The Labute approximate surface area is 117 Å². The lowest BCUT2D eigenvalue weighted by molar-refractivity contribution is -0.174. The van der Waals surface area contributed by atoms with E-state index < -0.39 is 12.4 Å². The molecule has 110 valence electrons. The van der Waals surface area contributed by atoms with Gasteiger partial charge in [-0.05, 0) is 44.1 Å². The minimum atomic E-state index is -0.852. The first-order valence-electron chi connectivity index (χ1n) is 7.34. The van der Waals surface area contributed by atoms with E-state index in [2.05, 4.69) is 20.8 Å². The molecule has 0 radical (unpaired) electrons. The highest BCUT2D eigenvalue weighted by Gasteiger charge is 2.28. The van der Waals surface area contributed by atoms with Gasteiger partial charge in [0.05, 0.1) is 0 Å². The number of ether oxygens (including phenoxy) is 1. The second kappa shape index (κ2) is 7.20. The SMILES string of the molecule is CC1=CC(=O)C(OC(O)C(C)CC(C)C)CC(C)C1. The molecular weight excluding hydrogens is 240 g/mol. The zero-order valence-corrected chi connectivity index (χ0v) is 12.8. The fourth-order valence-electron chi connectivity index (χ4n) is 2.79. The Kier molecular flexibility index (Phi) is 6.21. The van der Waals surface area contributed by atoms with Crippen LogP contribution in [0.1, 0.15) is 53.9 Å². The molecule has 0 saturated heterocycles. The van der Waals surface area contributed by atoms with Gasteiger partial charge in [-0.1, -0.05) is 33.3 Å². The summed E-state index contributed by atoms with van der Waals surface area (Å²) in [6.45, 7) is 10.3. The molecule has 1 aliphatic carbocycles. The second-order valence-electron chi connectivity index (χ2n) is 6.56. The summed E-state index contributed by atoms with van der Waals surface area (Å²) in [5.41, 5.74) is 1.10. The molecule has 0 bridgehead atoms. The normalized spacial score (nSPS) is 27.9. The van der Waals surface area contributed by atoms with E-state index in [1.165, 1.54) is 0 Å². The van der Waals surface area contributed by atoms with Crippen molar-refractivity contribution < 1.29 is 14.6 Å². The molecule has 0 spiro atoms. The maximum atomic E-state index is 12.0. The molecule has 1 N–H and O–H groups in total. The van der Waals surface area contributed by atoms with Crippen molar-refractivity contribution in [2.24, 2.45) is 17.8 Å². The van der Waals surface area contributed by atoms with Crippen LogP contribution in [-0.4, -0.2) is 23.3 Å². The quantitative estimate of drug-likeness (QED) is 0.778. The lowest BCUT2D eigenvalue weighted by Crippen LogP contribution is -2.33. The molecule has 3 heteroatoms. The Balaban J connectivity index is 2.61. The predicted molar refractivity (Wildman–Crippen MR) is 76.7 cm³/mol. The minimum absolute atomic E-state index is 0.00218. The van der Waals surface area contributed by atoms with Crippen LogP contribution in [0, 0.1) is 17.8 Å². The highest BCUT2D eigenvalue weighted by Crippen LogP contribution is 2.25. The van der Waals surface area contributed by atoms with Crippen molar-refractivity contribution in [3.05, 3.63) is 11.6 Å². The fraction of sp³-hybridized carbons (Fsp3) is 0.812. The number of hydrogen-bond acceptors (Lipinski definition) is 3. The first-order chi connectivity index (χ1) is 8.79. The largest absolute Gasteiger partial charge is 0.368 e. The maximum Gasteiger partial charge on any atom is 0.184 e. The number of hydrogen-bond donors (Lipinski definition) is 1. The van der Waals surface area contributed by atoms with E-state index in [4.69, 9.17) is 4.74 Å². The highest BCUT2D eigenvalue weighted by molar-refractivity contribution is 5.94. The zero-order chi connectivity index (χ0) is 14.6. The van der Waals surface area contributed by atoms with Gasteiger partial charge in [-0.3, -0.25) is 4.79 Å². The summed E-state index contributed by atoms with van der Waals surface area (Å²) in [6, 6.07) is 0. The van der Waals surface area contributed by atoms with Crippen molar-refractivity contribution in [3.63, 3.8) is 0 Å². The summed E-state index contributed by atoms with van der Waals surface area (Å²) >= 11 is 0. The molecule has 0 amide bonds. The van der Waals surface area contributed by atoms with Crippen molar-refractivity contribution in [1.29, 1.82) is 0 Å². The molecule has 4 atom stereocenters. The van der Waals surface area contributed by atoms with Crippen LogP contribution in [0.25, 0.3) is 0 Å². The number of ketones is 1. The molecule has 0 saturated carbocycles. The fourth-order valence-corrected chi connectivity index (χ4v) is 2.79. The van der Waals surface area contributed by atoms with E-state index in [1.54, 1.807) is 6.08 Å². The molecule has 0 aliphatic heterocycles. The van der Waals surface area contributed by atoms with E-state index in [-0.39, 0.29) is 11.7 Å². The highest BCUT2D eigenvalue weighted by atomic mass is 16.6. The van der Waals surface area contributed by atoms with Crippen LogP contribution < -0.4 is 0 Å². The van der Waals surface area contributed by atoms with E-state index in [0.717, 1.165) is 18.4 Å². The van der Waals surface area contributed by atoms with Gasteiger partial charge in [0.2, 0.25) is 0 Å². The molecule has 0 aromatic carbocycles. The van der Waals surface area contributed by atoms with Gasteiger partial charge in [0.1, 0.15) is 6.10 Å². The van der Waals surface area contributed by atoms with Crippen LogP contribution in [0.4, 0.5) is 0 Å². The summed E-state index contributed by atoms with van der Waals surface area (Å²) in [4.78, 5) is 12.0. The standard InChI is InChI=1S/C16H28O3/c1-10(2)6-13(5)16(18)19-15-9-12(4)7-11(3)8-14(15)17/h8,10,12-13,15-16,18H,6-7,9H2,1-5H3. The van der Waals surface area contributed by atoms with Crippen molar-refractivity contribution in [2.45, 2.75) is 66.3 Å². The lowest BCUT2D eigenvalue weighted by atomic mass is 9.97. The van der Waals surface area contributed by atoms with Gasteiger partial charge in [0.25, 0.3) is 0 Å². The van der Waals surface area contributed by atoms with Gasteiger partial charge in [0.15, 0.2) is 12.1 Å². The molecule has 19 heavy (non-hydrogen) atoms.